The van der Waals surface area contributed by atoms with Crippen molar-refractivity contribution in [1.82, 2.24) is 0 Å². The van der Waals surface area contributed by atoms with E-state index in [1.807, 2.05) is 0 Å². The Bertz CT molecular complexity index is 2540. The first-order chi connectivity index (χ1) is 48.6. The van der Waals surface area contributed by atoms with Gasteiger partial charge in [-0.3, -0.25) is 0 Å². The summed E-state index contributed by atoms with van der Waals surface area (Å²) in [5.41, 5.74) is -0.690. The summed E-state index contributed by atoms with van der Waals surface area (Å²) in [5, 5.41) is 0. The van der Waals surface area contributed by atoms with Crippen LogP contribution in [0.15, 0.2) is 94.8 Å². The Morgan fingerprint density at radius 3 is 0.624 bits per heavy atom. The van der Waals surface area contributed by atoms with E-state index in [9.17, 15) is 45.1 Å². The van der Waals surface area contributed by atoms with Gasteiger partial charge < -0.3 is 28.1 Å². The van der Waals surface area contributed by atoms with Crippen LogP contribution in [0.5, 0.6) is 0 Å². The first-order valence-corrected chi connectivity index (χ1v) is 42.9. The largest absolute Gasteiger partial charge is 2.00 e. The van der Waals surface area contributed by atoms with Gasteiger partial charge in [0, 0.05) is 0 Å². The van der Waals surface area contributed by atoms with Gasteiger partial charge in [-0.1, -0.05) is 307 Å². The Morgan fingerprint density at radius 1 is 0.267 bits per heavy atom. The average Bonchev–Trinajstić information content (AvgIpc) is 0.819. The Kier molecular flexibility index (Phi) is 66.9. The van der Waals surface area contributed by atoms with Crippen molar-refractivity contribution in [3.63, 3.8) is 0 Å². The molecule has 572 valence electrons. The van der Waals surface area contributed by atoms with Crippen molar-refractivity contribution in [2.24, 2.45) is 0 Å². The van der Waals surface area contributed by atoms with E-state index in [1.165, 1.54) is 231 Å². The summed E-state index contributed by atoms with van der Waals surface area (Å²) in [7, 11) is -9.63. The van der Waals surface area contributed by atoms with Gasteiger partial charge >= 0.3 is 61.6 Å². The normalized spacial score (nSPS) is 11.8. The van der Waals surface area contributed by atoms with E-state index in [-0.39, 0.29) is 86.4 Å². The Balaban J connectivity index is 0.00000196. The van der Waals surface area contributed by atoms with E-state index in [4.69, 9.17) is 18.9 Å². The molecule has 0 N–H and O–H groups in total. The summed E-state index contributed by atoms with van der Waals surface area (Å²) < 4.78 is 91.3. The summed E-state index contributed by atoms with van der Waals surface area (Å²) in [6.07, 6.45) is 78.5. The molecule has 0 aromatic heterocycles. The molecular formula is C84H138CaO14S2. The minimum absolute atomic E-state index is 0. The molecule has 0 heterocycles. The molecule has 0 radical (unpaired) electrons. The first-order valence-electron chi connectivity index (χ1n) is 40.1. The van der Waals surface area contributed by atoms with Crippen LogP contribution in [0.25, 0.3) is 0 Å². The molecule has 0 aliphatic carbocycles. The van der Waals surface area contributed by atoms with E-state index < -0.39 is 53.9 Å². The number of carbonyl (C=O) groups is 4. The van der Waals surface area contributed by atoms with Crippen molar-refractivity contribution in [1.29, 1.82) is 0 Å². The molecule has 17 heteroatoms. The molecule has 0 atom stereocenters. The number of esters is 4. The van der Waals surface area contributed by atoms with Crippen molar-refractivity contribution in [2.75, 3.05) is 26.4 Å². The van der Waals surface area contributed by atoms with Crippen LogP contribution in [0, 0.1) is 0 Å². The summed E-state index contributed by atoms with van der Waals surface area (Å²) in [6, 6.07) is 6.24. The summed E-state index contributed by atoms with van der Waals surface area (Å²) in [5.74, 6) is -3.11. The summed E-state index contributed by atoms with van der Waals surface area (Å²) >= 11 is 0. The fourth-order valence-electron chi connectivity index (χ4n) is 11.7. The van der Waals surface area contributed by atoms with Gasteiger partial charge in [-0.2, -0.15) is 0 Å². The number of rotatable bonds is 66. The first kappa shape index (κ1) is 97.4. The second-order valence-corrected chi connectivity index (χ2v) is 30.0. The minimum Gasteiger partial charge on any atom is -0.744 e. The van der Waals surface area contributed by atoms with E-state index in [0.29, 0.717) is 25.7 Å². The molecule has 0 unspecified atom stereocenters. The molecule has 0 fully saturated rings. The maximum Gasteiger partial charge on any atom is 2.00 e. The quantitative estimate of drug-likeness (QED) is 0.0150. The van der Waals surface area contributed by atoms with E-state index >= 15 is 0 Å². The Morgan fingerprint density at radius 2 is 0.436 bits per heavy atom. The molecule has 0 aliphatic rings. The van der Waals surface area contributed by atoms with Gasteiger partial charge in [0.05, 0.1) is 58.5 Å². The SMILES string of the molecule is CCCC/C=C/CCCCCCCCCCCOC(=O)c1ccc(S(=O)(=O)[O-])cc1C(=O)OCCCCCCCCCCC/C=C/CCCC.CCCC/C=C/CCCCCCCCCCCOC(=O)c1ccc(S(=O)(=O)[O-])cc1C(=O)OCCCCCCCCCCC/C=C/CCCC.[Ca+2]. The zero-order chi connectivity index (χ0) is 73.1. The Labute approximate surface area is 645 Å². The van der Waals surface area contributed by atoms with Crippen molar-refractivity contribution < 1.29 is 64.1 Å². The third kappa shape index (κ3) is 57.3. The molecule has 14 nitrogen and oxygen atoms in total. The topological polar surface area (TPSA) is 220 Å². The zero-order valence-electron chi connectivity index (χ0n) is 63.9. The third-order valence-corrected chi connectivity index (χ3v) is 19.7. The van der Waals surface area contributed by atoms with E-state index in [2.05, 4.69) is 76.3 Å². The molecule has 0 amide bonds. The predicted molar refractivity (Wildman–Crippen MR) is 415 cm³/mol. The number of allylic oxidation sites excluding steroid dienone is 8. The third-order valence-electron chi connectivity index (χ3n) is 18.0. The predicted octanol–water partition coefficient (Wildman–Crippen LogP) is 24.0. The number of carbonyl (C=O) groups excluding carboxylic acids is 4. The average molecular weight is 1480 g/mol. The van der Waals surface area contributed by atoms with E-state index in [0.717, 1.165) is 113 Å². The van der Waals surface area contributed by atoms with Gasteiger partial charge in [0.1, 0.15) is 20.2 Å². The standard InChI is InChI=1S/2C42H70O7S.Ca/c2*1-3-5-7-9-11-13-15-17-19-21-23-25-27-29-31-35-48-41(43)39-34-33-38(50(45,46)47)37-40(39)42(44)49-36-32-30-28-26-24-22-20-18-16-14-12-10-8-6-4-2;/h2*9-12,33-34,37H,3-8,13-32,35-36H2,1-2H3,(H,45,46,47);/q;;+2/p-2/b2*11-9+,12-10+;. The second-order valence-electron chi connectivity index (χ2n) is 27.2. The van der Waals surface area contributed by atoms with Gasteiger partial charge in [0.25, 0.3) is 0 Å². The minimum atomic E-state index is -4.81. The van der Waals surface area contributed by atoms with Crippen LogP contribution in [0.1, 0.15) is 403 Å². The molecule has 2 aromatic carbocycles. The molecule has 2 rings (SSSR count). The maximum absolute atomic E-state index is 12.9. The number of hydrogen-bond donors (Lipinski definition) is 0. The smallest absolute Gasteiger partial charge is 0.744 e. The van der Waals surface area contributed by atoms with Crippen LogP contribution in [-0.2, 0) is 39.2 Å². The molecule has 2 aromatic rings. The van der Waals surface area contributed by atoms with Crippen molar-refractivity contribution in [2.45, 2.75) is 371 Å². The second kappa shape index (κ2) is 69.4. The number of benzene rings is 2. The van der Waals surface area contributed by atoms with E-state index in [1.54, 1.807) is 0 Å². The van der Waals surface area contributed by atoms with Gasteiger partial charge in [-0.15, -0.1) is 0 Å². The van der Waals surface area contributed by atoms with Gasteiger partial charge in [0.2, 0.25) is 0 Å². The fourth-order valence-corrected chi connectivity index (χ4v) is 12.7. The van der Waals surface area contributed by atoms with Crippen molar-refractivity contribution >= 4 is 81.9 Å². The maximum atomic E-state index is 12.9. The van der Waals surface area contributed by atoms with Crippen LogP contribution in [-0.4, -0.2) is 114 Å². The van der Waals surface area contributed by atoms with Gasteiger partial charge in [-0.25, -0.2) is 36.0 Å². The van der Waals surface area contributed by atoms with Crippen molar-refractivity contribution in [3.05, 3.63) is 107 Å². The van der Waals surface area contributed by atoms with Crippen molar-refractivity contribution in [3.8, 4) is 0 Å². The van der Waals surface area contributed by atoms with Crippen LogP contribution in [0.3, 0.4) is 0 Å². The molecule has 0 saturated heterocycles. The molecular weight excluding hydrogens is 1340 g/mol. The number of unbranched alkanes of at least 4 members (excludes halogenated alkanes) is 44. The number of hydrogen-bond acceptors (Lipinski definition) is 14. The summed E-state index contributed by atoms with van der Waals surface area (Å²) in [4.78, 5) is 50.3. The summed E-state index contributed by atoms with van der Waals surface area (Å²) in [6.45, 7) is 9.60. The molecule has 0 bridgehead atoms. The fraction of sp³-hybridized carbons (Fsp3) is 0.714. The molecule has 0 spiro atoms. The number of ether oxygens (including phenoxy) is 4. The Hall–Kier alpha value is -3.64. The van der Waals surface area contributed by atoms with Crippen LogP contribution < -0.4 is 0 Å². The van der Waals surface area contributed by atoms with Gasteiger partial charge in [-0.05, 0) is 139 Å². The molecule has 0 aliphatic heterocycles. The molecule has 0 saturated carbocycles. The van der Waals surface area contributed by atoms with Crippen LogP contribution >= 0.6 is 0 Å². The zero-order valence-corrected chi connectivity index (χ0v) is 67.8. The molecule has 101 heavy (non-hydrogen) atoms. The van der Waals surface area contributed by atoms with Crippen LogP contribution in [0.4, 0.5) is 0 Å². The monoisotopic (exact) mass is 1470 g/mol. The van der Waals surface area contributed by atoms with Crippen LogP contribution in [0.2, 0.25) is 0 Å². The van der Waals surface area contributed by atoms with Gasteiger partial charge in [0.15, 0.2) is 0 Å².